The van der Waals surface area contributed by atoms with Crippen molar-refractivity contribution in [1.82, 2.24) is 5.32 Å². The molecule has 0 heterocycles. The van der Waals surface area contributed by atoms with Gasteiger partial charge in [0.1, 0.15) is 0 Å². The number of benzene rings is 1. The van der Waals surface area contributed by atoms with Crippen molar-refractivity contribution in [2.45, 2.75) is 45.1 Å². The second-order valence-electron chi connectivity index (χ2n) is 7.20. The van der Waals surface area contributed by atoms with Gasteiger partial charge in [0, 0.05) is 5.92 Å². The predicted molar refractivity (Wildman–Crippen MR) is 107 cm³/mol. The van der Waals surface area contributed by atoms with Gasteiger partial charge in [0.15, 0.2) is 5.78 Å². The molecule has 26 heavy (non-hydrogen) atoms. The van der Waals surface area contributed by atoms with E-state index in [0.717, 1.165) is 42.4 Å². The van der Waals surface area contributed by atoms with Crippen LogP contribution < -0.4 is 11.1 Å². The smallest absolute Gasteiger partial charge is 0.223 e. The minimum absolute atomic E-state index is 0.00710. The lowest BCUT2D eigenvalue weighted by Gasteiger charge is -2.28. The molecule has 0 radical (unpaired) electrons. The number of rotatable bonds is 8. The van der Waals surface area contributed by atoms with Crippen molar-refractivity contribution in [3.63, 3.8) is 0 Å². The van der Waals surface area contributed by atoms with E-state index in [1.54, 1.807) is 12.2 Å². The second-order valence-corrected chi connectivity index (χ2v) is 7.20. The van der Waals surface area contributed by atoms with E-state index in [1.165, 1.54) is 6.92 Å². The fraction of sp³-hybridized carbons (Fsp3) is 0.455. The second kappa shape index (κ2) is 9.48. The summed E-state index contributed by atoms with van der Waals surface area (Å²) in [6.07, 6.45) is 7.73. The van der Waals surface area contributed by atoms with Crippen LogP contribution in [0.2, 0.25) is 0 Å². The summed E-state index contributed by atoms with van der Waals surface area (Å²) in [4.78, 5) is 24.7. The average molecular weight is 354 g/mol. The monoisotopic (exact) mass is 354 g/mol. The van der Waals surface area contributed by atoms with E-state index in [9.17, 15) is 9.59 Å². The van der Waals surface area contributed by atoms with Gasteiger partial charge in [-0.05, 0) is 68.2 Å². The Morgan fingerprint density at radius 2 is 1.85 bits per heavy atom. The standard InChI is InChI=1S/C22H30N2O2/c1-4-18-9-8-17(12-19(18)5-2)13-21(15(3)25)24-22(26)20-10-6-16(14-23)7-11-20/h4-5,8-9,12,16,20-21H,1-2,6-7,10-11,13-14,23H2,3H3,(H,24,26). The predicted octanol–water partition coefficient (Wildman–Crippen LogP) is 3.35. The van der Waals surface area contributed by atoms with Gasteiger partial charge in [0.05, 0.1) is 6.04 Å². The van der Waals surface area contributed by atoms with Crippen LogP contribution in [0.3, 0.4) is 0 Å². The molecule has 0 aromatic heterocycles. The molecule has 4 heteroatoms. The van der Waals surface area contributed by atoms with Crippen LogP contribution in [0.15, 0.2) is 31.4 Å². The Balaban J connectivity index is 2.03. The highest BCUT2D eigenvalue weighted by molar-refractivity contribution is 5.88. The highest BCUT2D eigenvalue weighted by Gasteiger charge is 2.28. The van der Waals surface area contributed by atoms with Crippen LogP contribution in [0.1, 0.15) is 49.3 Å². The normalized spacial score (nSPS) is 20.8. The maximum absolute atomic E-state index is 12.6. The van der Waals surface area contributed by atoms with Gasteiger partial charge in [0.25, 0.3) is 0 Å². The molecule has 0 saturated heterocycles. The van der Waals surface area contributed by atoms with Crippen LogP contribution in [0.25, 0.3) is 12.2 Å². The molecule has 1 aromatic carbocycles. The summed E-state index contributed by atoms with van der Waals surface area (Å²) in [6.45, 7) is 9.84. The number of nitrogens with two attached hydrogens (primary N) is 1. The van der Waals surface area contributed by atoms with Crippen LogP contribution in [0.4, 0.5) is 0 Å². The van der Waals surface area contributed by atoms with Crippen molar-refractivity contribution in [3.8, 4) is 0 Å². The SMILES string of the molecule is C=Cc1ccc(CC(NC(=O)C2CCC(CN)CC2)C(C)=O)cc1C=C. The lowest BCUT2D eigenvalue weighted by molar-refractivity contribution is -0.130. The Labute approximate surface area is 156 Å². The molecule has 1 aliphatic carbocycles. The molecule has 0 spiro atoms. The number of carbonyl (C=O) groups is 2. The van der Waals surface area contributed by atoms with Crippen molar-refractivity contribution in [2.75, 3.05) is 6.54 Å². The van der Waals surface area contributed by atoms with Gasteiger partial charge >= 0.3 is 0 Å². The third-order valence-electron chi connectivity index (χ3n) is 5.39. The average Bonchev–Trinajstić information content (AvgIpc) is 2.67. The zero-order valence-corrected chi connectivity index (χ0v) is 15.7. The van der Waals surface area contributed by atoms with Crippen molar-refractivity contribution < 1.29 is 9.59 Å². The highest BCUT2D eigenvalue weighted by atomic mass is 16.2. The van der Waals surface area contributed by atoms with Gasteiger partial charge < -0.3 is 11.1 Å². The number of carbonyl (C=O) groups excluding carboxylic acids is 2. The Kier molecular flexibility index (Phi) is 7.34. The molecule has 1 atom stereocenters. The van der Waals surface area contributed by atoms with E-state index in [4.69, 9.17) is 5.73 Å². The summed E-state index contributed by atoms with van der Waals surface area (Å²) >= 11 is 0. The van der Waals surface area contributed by atoms with Gasteiger partial charge in [0.2, 0.25) is 5.91 Å². The molecule has 4 nitrogen and oxygen atoms in total. The van der Waals surface area contributed by atoms with E-state index in [2.05, 4.69) is 18.5 Å². The van der Waals surface area contributed by atoms with E-state index in [0.29, 0.717) is 18.9 Å². The Hall–Kier alpha value is -2.20. The molecular formula is C22H30N2O2. The largest absolute Gasteiger partial charge is 0.346 e. The van der Waals surface area contributed by atoms with Crippen LogP contribution in [0.5, 0.6) is 0 Å². The summed E-state index contributed by atoms with van der Waals surface area (Å²) < 4.78 is 0. The van der Waals surface area contributed by atoms with Crippen LogP contribution in [0, 0.1) is 11.8 Å². The zero-order valence-electron chi connectivity index (χ0n) is 15.7. The minimum atomic E-state index is -0.498. The van der Waals surface area contributed by atoms with Crippen LogP contribution in [-0.2, 0) is 16.0 Å². The summed E-state index contributed by atoms with van der Waals surface area (Å²) in [7, 11) is 0. The van der Waals surface area contributed by atoms with E-state index >= 15 is 0 Å². The summed E-state index contributed by atoms with van der Waals surface area (Å²) in [5.41, 5.74) is 8.70. The molecular weight excluding hydrogens is 324 g/mol. The molecule has 1 aromatic rings. The van der Waals surface area contributed by atoms with Crippen molar-refractivity contribution in [3.05, 3.63) is 48.0 Å². The maximum atomic E-state index is 12.6. The molecule has 1 amide bonds. The first kappa shape index (κ1) is 20.1. The number of amides is 1. The van der Waals surface area contributed by atoms with Crippen LogP contribution >= 0.6 is 0 Å². The number of nitrogens with one attached hydrogen (secondary N) is 1. The zero-order chi connectivity index (χ0) is 19.1. The summed E-state index contributed by atoms with van der Waals surface area (Å²) in [5.74, 6) is 0.490. The highest BCUT2D eigenvalue weighted by Crippen LogP contribution is 2.28. The number of hydrogen-bond donors (Lipinski definition) is 2. The fourth-order valence-corrected chi connectivity index (χ4v) is 3.60. The first-order valence-electron chi connectivity index (χ1n) is 9.37. The van der Waals surface area contributed by atoms with Gasteiger partial charge in [-0.2, -0.15) is 0 Å². The van der Waals surface area contributed by atoms with Crippen molar-refractivity contribution in [2.24, 2.45) is 17.6 Å². The van der Waals surface area contributed by atoms with E-state index in [1.807, 2.05) is 18.2 Å². The molecule has 1 fully saturated rings. The molecule has 1 aliphatic rings. The van der Waals surface area contributed by atoms with Gasteiger partial charge in [-0.3, -0.25) is 9.59 Å². The Morgan fingerprint density at radius 1 is 1.19 bits per heavy atom. The molecule has 3 N–H and O–H groups in total. The van der Waals surface area contributed by atoms with E-state index in [-0.39, 0.29) is 17.6 Å². The number of ketones is 1. The third-order valence-corrected chi connectivity index (χ3v) is 5.39. The topological polar surface area (TPSA) is 72.2 Å². The minimum Gasteiger partial charge on any atom is -0.346 e. The first-order chi connectivity index (χ1) is 12.5. The summed E-state index contributed by atoms with van der Waals surface area (Å²) in [5, 5.41) is 2.97. The Bertz CT molecular complexity index is 673. The molecule has 0 aliphatic heterocycles. The lowest BCUT2D eigenvalue weighted by Crippen LogP contribution is -2.45. The number of Topliss-reactive ketones (excluding diaryl/α,β-unsaturated/α-hetero) is 1. The quantitative estimate of drug-likeness (QED) is 0.752. The summed E-state index contributed by atoms with van der Waals surface area (Å²) in [6, 6.07) is 5.44. The maximum Gasteiger partial charge on any atom is 0.223 e. The van der Waals surface area contributed by atoms with E-state index < -0.39 is 6.04 Å². The van der Waals surface area contributed by atoms with Crippen LogP contribution in [-0.4, -0.2) is 24.3 Å². The van der Waals surface area contributed by atoms with Crippen molar-refractivity contribution in [1.29, 1.82) is 0 Å². The Morgan fingerprint density at radius 3 is 2.38 bits per heavy atom. The fourth-order valence-electron chi connectivity index (χ4n) is 3.60. The molecule has 1 unspecified atom stereocenters. The molecule has 0 bridgehead atoms. The van der Waals surface area contributed by atoms with Gasteiger partial charge in [-0.1, -0.05) is 43.5 Å². The molecule has 2 rings (SSSR count). The van der Waals surface area contributed by atoms with Crippen molar-refractivity contribution >= 4 is 23.8 Å². The van der Waals surface area contributed by atoms with Gasteiger partial charge in [-0.15, -0.1) is 0 Å². The lowest BCUT2D eigenvalue weighted by atomic mass is 9.81. The molecule has 1 saturated carbocycles. The van der Waals surface area contributed by atoms with Gasteiger partial charge in [-0.25, -0.2) is 0 Å². The third kappa shape index (κ3) is 5.15. The number of hydrogen-bond acceptors (Lipinski definition) is 3. The molecule has 140 valence electrons. The first-order valence-corrected chi connectivity index (χ1v) is 9.37.